The standard InChI is InChI=1S/C19H23NO6S2/c1-13(14-5-8-17-18(11-14)26-10-4-9-25-17)20-16-7-6-15(27(2,21)22)12-19(16)28(3,23)24/h5-8,11-13,20H,4,9-10H2,1-3H3/t13-/m0/s1. The van der Waals surface area contributed by atoms with Crippen LogP contribution in [0.5, 0.6) is 11.5 Å². The smallest absolute Gasteiger partial charge is 0.177 e. The van der Waals surface area contributed by atoms with Crippen molar-refractivity contribution in [2.75, 3.05) is 31.0 Å². The molecule has 0 saturated heterocycles. The molecule has 2 aromatic rings. The normalized spacial score (nSPS) is 15.5. The van der Waals surface area contributed by atoms with Gasteiger partial charge in [0.15, 0.2) is 31.2 Å². The molecule has 152 valence electrons. The van der Waals surface area contributed by atoms with Crippen LogP contribution in [0.1, 0.15) is 24.9 Å². The molecule has 1 N–H and O–H groups in total. The van der Waals surface area contributed by atoms with Gasteiger partial charge in [-0.05, 0) is 42.8 Å². The van der Waals surface area contributed by atoms with Gasteiger partial charge in [-0.15, -0.1) is 0 Å². The molecule has 0 saturated carbocycles. The molecule has 0 spiro atoms. The van der Waals surface area contributed by atoms with Crippen molar-refractivity contribution in [2.45, 2.75) is 29.2 Å². The van der Waals surface area contributed by atoms with Crippen LogP contribution in [0.4, 0.5) is 5.69 Å². The molecule has 0 fully saturated rings. The molecule has 1 aliphatic rings. The summed E-state index contributed by atoms with van der Waals surface area (Å²) in [6.45, 7) is 3.06. The van der Waals surface area contributed by atoms with Crippen LogP contribution >= 0.6 is 0 Å². The monoisotopic (exact) mass is 425 g/mol. The summed E-state index contributed by atoms with van der Waals surface area (Å²) in [5.74, 6) is 1.34. The quantitative estimate of drug-likeness (QED) is 0.786. The van der Waals surface area contributed by atoms with E-state index in [-0.39, 0.29) is 15.8 Å². The van der Waals surface area contributed by atoms with E-state index >= 15 is 0 Å². The Kier molecular flexibility index (Phi) is 5.58. The summed E-state index contributed by atoms with van der Waals surface area (Å²) in [7, 11) is -7.15. The molecule has 0 aliphatic carbocycles. The summed E-state index contributed by atoms with van der Waals surface area (Å²) in [4.78, 5) is -0.0988. The Hall–Kier alpha value is -2.26. The van der Waals surface area contributed by atoms with E-state index in [2.05, 4.69) is 5.32 Å². The minimum Gasteiger partial charge on any atom is -0.490 e. The Balaban J connectivity index is 1.94. The Bertz CT molecular complexity index is 1090. The SMILES string of the molecule is C[C@H](Nc1ccc(S(C)(=O)=O)cc1S(C)(=O)=O)c1ccc2c(c1)OCCCO2. The van der Waals surface area contributed by atoms with E-state index in [1.54, 1.807) is 0 Å². The van der Waals surface area contributed by atoms with Crippen LogP contribution in [-0.4, -0.2) is 42.6 Å². The number of ether oxygens (including phenoxy) is 2. The molecule has 1 heterocycles. The molecule has 2 aromatic carbocycles. The highest BCUT2D eigenvalue weighted by molar-refractivity contribution is 7.91. The second kappa shape index (κ2) is 7.63. The predicted molar refractivity (Wildman–Crippen MR) is 107 cm³/mol. The summed E-state index contributed by atoms with van der Waals surface area (Å²) in [5, 5.41) is 3.16. The lowest BCUT2D eigenvalue weighted by atomic mass is 10.1. The number of rotatable bonds is 5. The molecule has 28 heavy (non-hydrogen) atoms. The molecule has 7 nitrogen and oxygen atoms in total. The first-order valence-electron chi connectivity index (χ1n) is 8.76. The van der Waals surface area contributed by atoms with Crippen molar-refractivity contribution in [1.29, 1.82) is 0 Å². The first kappa shape index (κ1) is 20.5. The molecular weight excluding hydrogens is 402 g/mol. The Morgan fingerprint density at radius 1 is 0.893 bits per heavy atom. The fraction of sp³-hybridized carbons (Fsp3) is 0.368. The Morgan fingerprint density at radius 2 is 1.57 bits per heavy atom. The van der Waals surface area contributed by atoms with Crippen LogP contribution in [0, 0.1) is 0 Å². The van der Waals surface area contributed by atoms with E-state index in [4.69, 9.17) is 9.47 Å². The highest BCUT2D eigenvalue weighted by Crippen LogP contribution is 2.34. The molecule has 0 bridgehead atoms. The molecular formula is C19H23NO6S2. The highest BCUT2D eigenvalue weighted by atomic mass is 32.2. The van der Waals surface area contributed by atoms with Gasteiger partial charge in [-0.2, -0.15) is 0 Å². The lowest BCUT2D eigenvalue weighted by Gasteiger charge is -2.19. The fourth-order valence-electron chi connectivity index (χ4n) is 2.93. The number of benzene rings is 2. The maximum Gasteiger partial charge on any atom is 0.177 e. The topological polar surface area (TPSA) is 98.8 Å². The van der Waals surface area contributed by atoms with Crippen LogP contribution in [0.15, 0.2) is 46.2 Å². The summed E-state index contributed by atoms with van der Waals surface area (Å²) in [6.07, 6.45) is 2.90. The largest absolute Gasteiger partial charge is 0.490 e. The van der Waals surface area contributed by atoms with Gasteiger partial charge < -0.3 is 14.8 Å². The molecule has 9 heteroatoms. The third-order valence-electron chi connectivity index (χ3n) is 4.42. The number of fused-ring (bicyclic) bond motifs is 1. The van der Waals surface area contributed by atoms with Crippen molar-refractivity contribution in [1.82, 2.24) is 0 Å². The van der Waals surface area contributed by atoms with E-state index in [1.807, 2.05) is 25.1 Å². The predicted octanol–water partition coefficient (Wildman–Crippen LogP) is 2.83. The average Bonchev–Trinajstić information content (AvgIpc) is 2.84. The second-order valence-corrected chi connectivity index (χ2v) is 10.8. The lowest BCUT2D eigenvalue weighted by Crippen LogP contribution is -2.12. The van der Waals surface area contributed by atoms with E-state index < -0.39 is 19.7 Å². The van der Waals surface area contributed by atoms with Gasteiger partial charge >= 0.3 is 0 Å². The summed E-state index contributed by atoms with van der Waals surface area (Å²) >= 11 is 0. The first-order valence-corrected chi connectivity index (χ1v) is 12.5. The number of nitrogens with one attached hydrogen (secondary N) is 1. The Labute approximate surface area is 165 Å². The number of hydrogen-bond acceptors (Lipinski definition) is 7. The minimum absolute atomic E-state index is 0.0401. The van der Waals surface area contributed by atoms with Crippen molar-refractivity contribution < 1.29 is 26.3 Å². The third-order valence-corrected chi connectivity index (χ3v) is 6.67. The molecule has 0 amide bonds. The van der Waals surface area contributed by atoms with E-state index in [1.165, 1.54) is 18.2 Å². The lowest BCUT2D eigenvalue weighted by molar-refractivity contribution is 0.297. The van der Waals surface area contributed by atoms with Gasteiger partial charge in [0.1, 0.15) is 0 Å². The highest BCUT2D eigenvalue weighted by Gasteiger charge is 2.20. The maximum atomic E-state index is 12.2. The van der Waals surface area contributed by atoms with Gasteiger partial charge in [-0.25, -0.2) is 16.8 Å². The zero-order valence-electron chi connectivity index (χ0n) is 15.9. The second-order valence-electron chi connectivity index (χ2n) is 6.82. The van der Waals surface area contributed by atoms with Crippen LogP contribution < -0.4 is 14.8 Å². The van der Waals surface area contributed by atoms with Gasteiger partial charge in [0.2, 0.25) is 0 Å². The fourth-order valence-corrected chi connectivity index (χ4v) is 4.51. The summed E-state index contributed by atoms with van der Waals surface area (Å²) in [6, 6.07) is 9.40. The van der Waals surface area contributed by atoms with E-state index in [0.29, 0.717) is 30.4 Å². The number of sulfone groups is 2. The molecule has 3 rings (SSSR count). The van der Waals surface area contributed by atoms with Gasteiger partial charge in [0.05, 0.1) is 28.7 Å². The van der Waals surface area contributed by atoms with Crippen molar-refractivity contribution in [2.24, 2.45) is 0 Å². The van der Waals surface area contributed by atoms with Crippen LogP contribution in [0.25, 0.3) is 0 Å². The van der Waals surface area contributed by atoms with Crippen molar-refractivity contribution in [3.63, 3.8) is 0 Å². The number of anilines is 1. The zero-order valence-corrected chi connectivity index (χ0v) is 17.6. The number of hydrogen-bond donors (Lipinski definition) is 1. The molecule has 1 atom stereocenters. The molecule has 0 radical (unpaired) electrons. The first-order chi connectivity index (χ1) is 13.1. The molecule has 0 unspecified atom stereocenters. The van der Waals surface area contributed by atoms with Gasteiger partial charge in [-0.3, -0.25) is 0 Å². The van der Waals surface area contributed by atoms with Crippen molar-refractivity contribution in [3.8, 4) is 11.5 Å². The van der Waals surface area contributed by atoms with Crippen LogP contribution in [-0.2, 0) is 19.7 Å². The average molecular weight is 426 g/mol. The van der Waals surface area contributed by atoms with Gasteiger partial charge in [-0.1, -0.05) is 6.07 Å². The van der Waals surface area contributed by atoms with Crippen molar-refractivity contribution in [3.05, 3.63) is 42.0 Å². The Morgan fingerprint density at radius 3 is 2.21 bits per heavy atom. The van der Waals surface area contributed by atoms with Crippen molar-refractivity contribution >= 4 is 25.4 Å². The molecule has 1 aliphatic heterocycles. The summed E-state index contributed by atoms with van der Waals surface area (Å²) < 4.78 is 59.3. The minimum atomic E-state index is -3.63. The van der Waals surface area contributed by atoms with E-state index in [9.17, 15) is 16.8 Å². The summed E-state index contributed by atoms with van der Waals surface area (Å²) in [5.41, 5.74) is 1.23. The zero-order chi connectivity index (χ0) is 20.5. The van der Waals surface area contributed by atoms with E-state index in [0.717, 1.165) is 24.5 Å². The van der Waals surface area contributed by atoms with Crippen LogP contribution in [0.3, 0.4) is 0 Å². The molecule has 0 aromatic heterocycles. The van der Waals surface area contributed by atoms with Crippen LogP contribution in [0.2, 0.25) is 0 Å². The maximum absolute atomic E-state index is 12.2. The van der Waals surface area contributed by atoms with Gasteiger partial charge in [0.25, 0.3) is 0 Å². The third kappa shape index (κ3) is 4.59. The van der Waals surface area contributed by atoms with Gasteiger partial charge in [0, 0.05) is 25.0 Å².